The zero-order valence-corrected chi connectivity index (χ0v) is 23.9. The molecule has 42 heavy (non-hydrogen) atoms. The Bertz CT molecular complexity index is 2120. The summed E-state index contributed by atoms with van der Waals surface area (Å²) in [5.41, 5.74) is -0.613. The molecule has 0 amide bonds. The number of methoxy groups -OCH3 is 1. The summed E-state index contributed by atoms with van der Waals surface area (Å²) in [6.07, 6.45) is 0. The minimum absolute atomic E-state index is 0.119. The highest BCUT2D eigenvalue weighted by atomic mass is 32.2. The molecule has 3 aromatic carbocycles. The second kappa shape index (κ2) is 10.5. The first-order valence-electron chi connectivity index (χ1n) is 11.5. The molecule has 2 heterocycles. The van der Waals surface area contributed by atoms with Crippen LogP contribution in [0.15, 0.2) is 58.3 Å². The van der Waals surface area contributed by atoms with Gasteiger partial charge in [0, 0.05) is 22.5 Å². The quantitative estimate of drug-likeness (QED) is 0.0960. The lowest BCUT2D eigenvalue weighted by Crippen LogP contribution is -2.44. The number of hydrogen-bond acceptors (Lipinski definition) is 12. The van der Waals surface area contributed by atoms with Crippen LogP contribution in [0.1, 0.15) is 11.1 Å². The monoisotopic (exact) mass is 635 g/mol. The maximum Gasteiger partial charge on any atom is 0.341 e. The molecule has 0 aliphatic rings. The predicted octanol–water partition coefficient (Wildman–Crippen LogP) is 2.03. The largest absolute Gasteiger partial charge is 0.497 e. The molecule has 0 aliphatic heterocycles. The van der Waals surface area contributed by atoms with E-state index in [1.165, 1.54) is 19.2 Å². The van der Waals surface area contributed by atoms with E-state index in [4.69, 9.17) is 4.74 Å². The minimum atomic E-state index is -5.15. The number of benzene rings is 3. The molecule has 19 heteroatoms. The third-order valence-corrected chi connectivity index (χ3v) is 8.75. The summed E-state index contributed by atoms with van der Waals surface area (Å²) < 4.78 is 74.2. The first-order chi connectivity index (χ1) is 19.7. The molecule has 0 fully saturated rings. The Kier molecular flexibility index (Phi) is 7.25. The molecule has 0 spiro atoms. The normalized spacial score (nSPS) is 12.1. The third kappa shape index (κ3) is 5.31. The fraction of sp³-hybridized carbons (Fsp3) is 0.130. The Morgan fingerprint density at radius 2 is 1.76 bits per heavy atom. The van der Waals surface area contributed by atoms with Crippen molar-refractivity contribution in [3.63, 3.8) is 0 Å². The van der Waals surface area contributed by atoms with E-state index < -0.39 is 47.2 Å². The van der Waals surface area contributed by atoms with Gasteiger partial charge < -0.3 is 9.84 Å². The maximum atomic E-state index is 12.2. The number of fused-ring (bicyclic) bond motifs is 1. The van der Waals surface area contributed by atoms with Gasteiger partial charge in [-0.3, -0.25) is 19.2 Å². The molecule has 218 valence electrons. The number of nitro groups is 1. The Hall–Kier alpha value is -4.40. The average Bonchev–Trinajstić information content (AvgIpc) is 3.55. The van der Waals surface area contributed by atoms with Crippen LogP contribution in [0.2, 0.25) is 0 Å². The van der Waals surface area contributed by atoms with Gasteiger partial charge in [-0.15, -0.1) is 0 Å². The molecule has 2 aromatic heterocycles. The zero-order chi connectivity index (χ0) is 30.6. The van der Waals surface area contributed by atoms with Crippen molar-refractivity contribution in [1.82, 2.24) is 20.0 Å². The van der Waals surface area contributed by atoms with E-state index in [0.717, 1.165) is 33.1 Å². The molecule has 5 rings (SSSR count). The van der Waals surface area contributed by atoms with E-state index in [-0.39, 0.29) is 27.8 Å². The number of rotatable bonds is 8. The van der Waals surface area contributed by atoms with Crippen LogP contribution in [0.3, 0.4) is 0 Å². The minimum Gasteiger partial charge on any atom is -0.497 e. The van der Waals surface area contributed by atoms with Crippen molar-refractivity contribution in [2.24, 2.45) is 0 Å². The second-order valence-electron chi connectivity index (χ2n) is 8.75. The summed E-state index contributed by atoms with van der Waals surface area (Å²) in [5, 5.41) is 30.5. The average molecular weight is 636 g/mol. The Morgan fingerprint density at radius 3 is 2.38 bits per heavy atom. The van der Waals surface area contributed by atoms with E-state index in [1.807, 2.05) is 0 Å². The fourth-order valence-electron chi connectivity index (χ4n) is 4.07. The first-order valence-corrected chi connectivity index (χ1v) is 15.2. The molecule has 0 bridgehead atoms. The molecule has 3 N–H and O–H groups in total. The maximum absolute atomic E-state index is 12.2. The smallest absolute Gasteiger partial charge is 0.341 e. The SMILES string of the molecule is COc1ccc2nc(-n3nc(-c4ccc(C)cc4S(=O)(=O)O)n[n+]3-c3cc(S(=O)(=O)O)c([N+](=O)[O-])cc3CO)sc2c1. The number of ether oxygens (including phenoxy) is 1. The van der Waals surface area contributed by atoms with Gasteiger partial charge in [0.05, 0.1) is 39.5 Å². The van der Waals surface area contributed by atoms with Gasteiger partial charge in [0.2, 0.25) is 0 Å². The molecule has 0 atom stereocenters. The van der Waals surface area contributed by atoms with Crippen LogP contribution in [0.5, 0.6) is 5.75 Å². The summed E-state index contributed by atoms with van der Waals surface area (Å²) in [5.74, 6) is 0.244. The van der Waals surface area contributed by atoms with Gasteiger partial charge >= 0.3 is 15.9 Å². The van der Waals surface area contributed by atoms with E-state index in [0.29, 0.717) is 21.5 Å². The Morgan fingerprint density at radius 1 is 1.05 bits per heavy atom. The van der Waals surface area contributed by atoms with E-state index >= 15 is 0 Å². The fourth-order valence-corrected chi connectivity index (χ4v) is 6.43. The number of hydrogen-bond donors (Lipinski definition) is 3. The Labute approximate surface area is 240 Å². The van der Waals surface area contributed by atoms with Crippen molar-refractivity contribution in [3.05, 3.63) is 69.8 Å². The standard InChI is InChI=1S/C23H18N6O10S3/c1-12-3-5-15(20(7-12)41(33,34)35)22-25-27(17-10-21(42(36,37)38)18(29(31)32)8-13(17)11-30)28(26-22)23-24-16-6-4-14(39-2)9-19(16)40-23/h3-10,30H,11H2,1-2H3,(H-,33,34,35,36,37,38)/p+1. The number of tetrazole rings is 1. The molecule has 0 radical (unpaired) electrons. The summed E-state index contributed by atoms with van der Waals surface area (Å²) in [4.78, 5) is 15.4. The van der Waals surface area contributed by atoms with E-state index in [9.17, 15) is 41.2 Å². The number of aliphatic hydroxyl groups excluding tert-OH is 1. The molecular weight excluding hydrogens is 616 g/mol. The molecule has 0 aliphatic carbocycles. The lowest BCUT2D eigenvalue weighted by atomic mass is 10.1. The van der Waals surface area contributed by atoms with Crippen LogP contribution in [0, 0.1) is 17.0 Å². The summed E-state index contributed by atoms with van der Waals surface area (Å²) in [7, 11) is -8.44. The molecular formula is C23H19N6O10S3+. The first kappa shape index (κ1) is 29.1. The second-order valence-corrected chi connectivity index (χ2v) is 12.5. The highest BCUT2D eigenvalue weighted by Crippen LogP contribution is 2.32. The van der Waals surface area contributed by atoms with Crippen molar-refractivity contribution in [2.45, 2.75) is 23.3 Å². The summed E-state index contributed by atoms with van der Waals surface area (Å²) in [6, 6.07) is 10.6. The van der Waals surface area contributed by atoms with Crippen molar-refractivity contribution in [2.75, 3.05) is 7.11 Å². The van der Waals surface area contributed by atoms with Crippen molar-refractivity contribution in [3.8, 4) is 28.0 Å². The summed E-state index contributed by atoms with van der Waals surface area (Å²) in [6.45, 7) is 0.760. The predicted molar refractivity (Wildman–Crippen MR) is 145 cm³/mol. The number of nitro benzene ring substituents is 1. The van der Waals surface area contributed by atoms with Crippen molar-refractivity contribution in [1.29, 1.82) is 0 Å². The topological polar surface area (TPSA) is 229 Å². The van der Waals surface area contributed by atoms with Gasteiger partial charge in [0.1, 0.15) is 10.6 Å². The van der Waals surface area contributed by atoms with Crippen molar-refractivity contribution < 1.29 is 45.5 Å². The highest BCUT2D eigenvalue weighted by molar-refractivity contribution is 7.86. The van der Waals surface area contributed by atoms with Gasteiger partial charge in [0.15, 0.2) is 10.6 Å². The van der Waals surface area contributed by atoms with Crippen LogP contribution >= 0.6 is 11.3 Å². The zero-order valence-electron chi connectivity index (χ0n) is 21.4. The van der Waals surface area contributed by atoms with Gasteiger partial charge in [0.25, 0.3) is 20.9 Å². The van der Waals surface area contributed by atoms with Crippen LogP contribution in [0.4, 0.5) is 5.69 Å². The lowest BCUT2D eigenvalue weighted by Gasteiger charge is -2.06. The van der Waals surface area contributed by atoms with Gasteiger partial charge in [-0.25, -0.2) is 4.98 Å². The summed E-state index contributed by atoms with van der Waals surface area (Å²) >= 11 is 1.08. The van der Waals surface area contributed by atoms with Crippen LogP contribution in [-0.2, 0) is 26.8 Å². The van der Waals surface area contributed by atoms with Gasteiger partial charge in [-0.2, -0.15) is 16.8 Å². The molecule has 0 saturated heterocycles. The van der Waals surface area contributed by atoms with Gasteiger partial charge in [-0.1, -0.05) is 17.4 Å². The third-order valence-electron chi connectivity index (χ3n) is 5.99. The molecule has 0 unspecified atom stereocenters. The lowest BCUT2D eigenvalue weighted by molar-refractivity contribution is -0.735. The number of thiazole rings is 1. The van der Waals surface area contributed by atoms with Gasteiger partial charge in [-0.05, 0) is 52.7 Å². The molecule has 16 nitrogen and oxygen atoms in total. The highest BCUT2D eigenvalue weighted by Gasteiger charge is 2.34. The van der Waals surface area contributed by atoms with Crippen LogP contribution < -0.4 is 9.53 Å². The van der Waals surface area contributed by atoms with Crippen LogP contribution in [0.25, 0.3) is 32.4 Å². The number of nitrogens with zero attached hydrogens (tertiary/aromatic N) is 6. The van der Waals surface area contributed by atoms with E-state index in [2.05, 4.69) is 15.2 Å². The number of aryl methyl sites for hydroxylation is 1. The number of aromatic nitrogens is 5. The Balaban J connectivity index is 1.87. The van der Waals surface area contributed by atoms with Crippen molar-refractivity contribution >= 4 is 47.5 Å². The molecule has 0 saturated carbocycles. The van der Waals surface area contributed by atoms with E-state index in [1.54, 1.807) is 31.2 Å². The molecule has 5 aromatic rings. The number of aliphatic hydroxyl groups is 1. The van der Waals surface area contributed by atoms with Crippen LogP contribution in [-0.4, -0.2) is 63.1 Å².